The fourth-order valence-corrected chi connectivity index (χ4v) is 3.08. The maximum absolute atomic E-state index is 11.7. The maximum Gasteiger partial charge on any atom is 0.250 e. The summed E-state index contributed by atoms with van der Waals surface area (Å²) in [7, 11) is 3.89. The van der Waals surface area contributed by atoms with Crippen molar-refractivity contribution in [3.63, 3.8) is 0 Å². The van der Waals surface area contributed by atoms with Crippen LogP contribution in [0.25, 0.3) is 0 Å². The van der Waals surface area contributed by atoms with Crippen LogP contribution in [0.2, 0.25) is 0 Å². The molecule has 1 aliphatic rings. The van der Waals surface area contributed by atoms with Crippen LogP contribution in [0.3, 0.4) is 0 Å². The van der Waals surface area contributed by atoms with E-state index in [1.807, 2.05) is 19.2 Å². The summed E-state index contributed by atoms with van der Waals surface area (Å²) in [6.45, 7) is 5.54. The molecule has 0 amide bonds. The van der Waals surface area contributed by atoms with Crippen LogP contribution in [-0.4, -0.2) is 45.5 Å². The number of likely N-dealkylation sites (tertiary alicyclic amines) is 1. The van der Waals surface area contributed by atoms with E-state index in [1.54, 1.807) is 23.9 Å². The Morgan fingerprint density at radius 3 is 3.00 bits per heavy atom. The average Bonchev–Trinajstić information content (AvgIpc) is 3.12. The zero-order valence-electron chi connectivity index (χ0n) is 14.0. The lowest BCUT2D eigenvalue weighted by molar-refractivity contribution is 0.204. The summed E-state index contributed by atoms with van der Waals surface area (Å²) in [5, 5.41) is 0. The second-order valence-electron chi connectivity index (χ2n) is 6.44. The number of aryl methyl sites for hydroxylation is 2. The van der Waals surface area contributed by atoms with Gasteiger partial charge in [0, 0.05) is 45.0 Å². The van der Waals surface area contributed by atoms with Crippen molar-refractivity contribution in [2.75, 3.05) is 20.1 Å². The molecular formula is C17H24N4O2. The molecule has 23 heavy (non-hydrogen) atoms. The van der Waals surface area contributed by atoms with E-state index in [-0.39, 0.29) is 5.56 Å². The van der Waals surface area contributed by atoms with Crippen LogP contribution < -0.4 is 5.56 Å². The number of aromatic nitrogens is 2. The van der Waals surface area contributed by atoms with Crippen molar-refractivity contribution in [1.82, 2.24) is 19.4 Å². The smallest absolute Gasteiger partial charge is 0.250 e. The lowest BCUT2D eigenvalue weighted by Gasteiger charge is -2.23. The highest BCUT2D eigenvalue weighted by Crippen LogP contribution is 2.18. The summed E-state index contributed by atoms with van der Waals surface area (Å²) in [4.78, 5) is 20.7. The molecule has 0 radical (unpaired) electrons. The fraction of sp³-hybridized carbons (Fsp3) is 0.529. The Hall–Kier alpha value is -1.92. The number of nitrogens with zero attached hydrogens (tertiary/aromatic N) is 4. The lowest BCUT2D eigenvalue weighted by Crippen LogP contribution is -2.34. The van der Waals surface area contributed by atoms with Gasteiger partial charge >= 0.3 is 0 Å². The molecule has 124 valence electrons. The third kappa shape index (κ3) is 3.89. The quantitative estimate of drug-likeness (QED) is 0.834. The Morgan fingerprint density at radius 2 is 2.30 bits per heavy atom. The highest BCUT2D eigenvalue weighted by Gasteiger charge is 2.26. The van der Waals surface area contributed by atoms with Crippen molar-refractivity contribution in [2.24, 2.45) is 7.05 Å². The minimum Gasteiger partial charge on any atom is -0.445 e. The van der Waals surface area contributed by atoms with Crippen LogP contribution in [0.5, 0.6) is 0 Å². The Bertz CT molecular complexity index is 721. The minimum absolute atomic E-state index is 0.0506. The van der Waals surface area contributed by atoms with E-state index >= 15 is 0 Å². The van der Waals surface area contributed by atoms with Gasteiger partial charge in [-0.1, -0.05) is 0 Å². The largest absolute Gasteiger partial charge is 0.445 e. The molecule has 0 N–H and O–H groups in total. The van der Waals surface area contributed by atoms with E-state index < -0.39 is 0 Å². The molecule has 2 aromatic rings. The molecule has 0 saturated carbocycles. The van der Waals surface area contributed by atoms with E-state index in [0.717, 1.165) is 49.8 Å². The number of hydrogen-bond donors (Lipinski definition) is 0. The van der Waals surface area contributed by atoms with Crippen LogP contribution in [0.15, 0.2) is 33.7 Å². The minimum atomic E-state index is 0.0506. The van der Waals surface area contributed by atoms with Crippen LogP contribution >= 0.6 is 0 Å². The van der Waals surface area contributed by atoms with Gasteiger partial charge in [-0.2, -0.15) is 0 Å². The zero-order valence-corrected chi connectivity index (χ0v) is 14.0. The van der Waals surface area contributed by atoms with E-state index in [4.69, 9.17) is 4.42 Å². The molecule has 0 spiro atoms. The normalized spacial score (nSPS) is 18.9. The maximum atomic E-state index is 11.7. The SMILES string of the molecule is Cc1cnc(CN(C)C2CCN(Cc3ccn(C)c(=O)c3)C2)o1. The van der Waals surface area contributed by atoms with Crippen LogP contribution in [0, 0.1) is 6.92 Å². The predicted molar refractivity (Wildman–Crippen MR) is 88.1 cm³/mol. The highest BCUT2D eigenvalue weighted by molar-refractivity contribution is 5.11. The summed E-state index contributed by atoms with van der Waals surface area (Å²) in [6.07, 6.45) is 4.73. The van der Waals surface area contributed by atoms with Gasteiger partial charge in [0.05, 0.1) is 12.7 Å². The van der Waals surface area contributed by atoms with E-state index in [0.29, 0.717) is 6.04 Å². The molecule has 3 rings (SSSR count). The van der Waals surface area contributed by atoms with Gasteiger partial charge in [0.2, 0.25) is 5.89 Å². The van der Waals surface area contributed by atoms with Crippen LogP contribution in [0.4, 0.5) is 0 Å². The second-order valence-corrected chi connectivity index (χ2v) is 6.44. The van der Waals surface area contributed by atoms with Gasteiger partial charge in [-0.15, -0.1) is 0 Å². The molecule has 0 bridgehead atoms. The second kappa shape index (κ2) is 6.68. The Kier molecular flexibility index (Phi) is 4.63. The average molecular weight is 316 g/mol. The predicted octanol–water partition coefficient (Wildman–Crippen LogP) is 1.39. The van der Waals surface area contributed by atoms with Crippen molar-refractivity contribution in [1.29, 1.82) is 0 Å². The topological polar surface area (TPSA) is 54.5 Å². The molecule has 1 aliphatic heterocycles. The van der Waals surface area contributed by atoms with E-state index in [1.165, 1.54) is 0 Å². The van der Waals surface area contributed by atoms with E-state index in [2.05, 4.69) is 21.8 Å². The van der Waals surface area contributed by atoms with Gasteiger partial charge in [-0.25, -0.2) is 4.98 Å². The van der Waals surface area contributed by atoms with Crippen molar-refractivity contribution >= 4 is 0 Å². The molecule has 1 unspecified atom stereocenters. The Morgan fingerprint density at radius 1 is 1.48 bits per heavy atom. The first-order chi connectivity index (χ1) is 11.0. The molecule has 1 fully saturated rings. The summed E-state index contributed by atoms with van der Waals surface area (Å²) in [5.74, 6) is 1.63. The van der Waals surface area contributed by atoms with Crippen molar-refractivity contribution in [2.45, 2.75) is 32.5 Å². The number of pyridine rings is 1. The number of rotatable bonds is 5. The van der Waals surface area contributed by atoms with Crippen molar-refractivity contribution in [3.8, 4) is 0 Å². The van der Waals surface area contributed by atoms with Crippen LogP contribution in [-0.2, 0) is 20.1 Å². The zero-order chi connectivity index (χ0) is 16.4. The van der Waals surface area contributed by atoms with Crippen LogP contribution in [0.1, 0.15) is 23.6 Å². The highest BCUT2D eigenvalue weighted by atomic mass is 16.4. The number of hydrogen-bond acceptors (Lipinski definition) is 5. The summed E-state index contributed by atoms with van der Waals surface area (Å²) in [5.41, 5.74) is 1.13. The molecule has 6 nitrogen and oxygen atoms in total. The summed E-state index contributed by atoms with van der Waals surface area (Å²) >= 11 is 0. The molecule has 6 heteroatoms. The van der Waals surface area contributed by atoms with Gasteiger partial charge in [-0.3, -0.25) is 14.6 Å². The molecule has 2 aromatic heterocycles. The molecule has 1 saturated heterocycles. The third-order valence-corrected chi connectivity index (χ3v) is 4.50. The molecule has 0 aliphatic carbocycles. The first-order valence-corrected chi connectivity index (χ1v) is 8.01. The van der Waals surface area contributed by atoms with Gasteiger partial charge in [0.15, 0.2) is 0 Å². The monoisotopic (exact) mass is 316 g/mol. The Labute approximate surface area is 136 Å². The fourth-order valence-electron chi connectivity index (χ4n) is 3.08. The third-order valence-electron chi connectivity index (χ3n) is 4.50. The van der Waals surface area contributed by atoms with Gasteiger partial charge in [0.1, 0.15) is 5.76 Å². The number of likely N-dealkylation sites (N-methyl/N-ethyl adjacent to an activating group) is 1. The molecule has 3 heterocycles. The van der Waals surface area contributed by atoms with Gasteiger partial charge in [0.25, 0.3) is 5.56 Å². The van der Waals surface area contributed by atoms with Crippen molar-refractivity contribution < 1.29 is 4.42 Å². The number of oxazole rings is 1. The summed E-state index contributed by atoms with van der Waals surface area (Å²) in [6, 6.07) is 4.24. The first kappa shape index (κ1) is 16.0. The van der Waals surface area contributed by atoms with Crippen molar-refractivity contribution in [3.05, 3.63) is 52.1 Å². The van der Waals surface area contributed by atoms with Gasteiger partial charge in [-0.05, 0) is 32.0 Å². The molecule has 0 aromatic carbocycles. The lowest BCUT2D eigenvalue weighted by atomic mass is 10.2. The van der Waals surface area contributed by atoms with Gasteiger partial charge < -0.3 is 8.98 Å². The standard InChI is InChI=1S/C17H24N4O2/c1-13-9-18-16(23-13)12-20(3)15-5-7-21(11-15)10-14-4-6-19(2)17(22)8-14/h4,6,8-9,15H,5,7,10-12H2,1-3H3. The first-order valence-electron chi connectivity index (χ1n) is 8.01. The summed E-state index contributed by atoms with van der Waals surface area (Å²) < 4.78 is 7.16. The van der Waals surface area contributed by atoms with E-state index in [9.17, 15) is 4.79 Å². The Balaban J connectivity index is 1.55. The molecule has 1 atom stereocenters. The molecular weight excluding hydrogens is 292 g/mol.